The Labute approximate surface area is 129 Å². The molecule has 1 aliphatic heterocycles. The van der Waals surface area contributed by atoms with Crippen LogP contribution in [0.2, 0.25) is 0 Å². The molecule has 0 unspecified atom stereocenters. The van der Waals surface area contributed by atoms with Crippen LogP contribution >= 0.6 is 11.8 Å². The molecule has 0 radical (unpaired) electrons. The zero-order chi connectivity index (χ0) is 15.4. The molecule has 1 fully saturated rings. The first kappa shape index (κ1) is 15.9. The second kappa shape index (κ2) is 6.98. The van der Waals surface area contributed by atoms with E-state index in [2.05, 4.69) is 18.2 Å². The molecule has 1 aliphatic rings. The van der Waals surface area contributed by atoms with Gasteiger partial charge in [-0.2, -0.15) is 0 Å². The number of amides is 1. The second-order valence-electron chi connectivity index (χ2n) is 5.55. The molecule has 0 atom stereocenters. The fraction of sp³-hybridized carbons (Fsp3) is 0.500. The molecule has 2 rings (SSSR count). The maximum absolute atomic E-state index is 12.2. The Morgan fingerprint density at radius 3 is 2.57 bits per heavy atom. The number of thioether (sulfide) groups is 1. The normalized spacial score (nSPS) is 16.0. The number of carboxylic acid groups (broad SMARTS) is 1. The smallest absolute Gasteiger partial charge is 0.306 e. The van der Waals surface area contributed by atoms with E-state index in [1.165, 1.54) is 11.1 Å². The van der Waals surface area contributed by atoms with Gasteiger partial charge in [-0.25, -0.2) is 0 Å². The van der Waals surface area contributed by atoms with E-state index in [0.717, 1.165) is 4.90 Å². The van der Waals surface area contributed by atoms with Crippen LogP contribution in [0.25, 0.3) is 0 Å². The Bertz CT molecular complexity index is 536. The Hall–Kier alpha value is -1.49. The summed E-state index contributed by atoms with van der Waals surface area (Å²) in [6, 6.07) is 6.24. The summed E-state index contributed by atoms with van der Waals surface area (Å²) in [4.78, 5) is 26.0. The molecule has 1 saturated heterocycles. The summed E-state index contributed by atoms with van der Waals surface area (Å²) in [5.74, 6) is -0.514. The minimum absolute atomic E-state index is 0.102. The fourth-order valence-corrected chi connectivity index (χ4v) is 3.50. The molecule has 114 valence electrons. The van der Waals surface area contributed by atoms with Gasteiger partial charge in [-0.3, -0.25) is 9.59 Å². The lowest BCUT2D eigenvalue weighted by Crippen LogP contribution is -2.41. The minimum Gasteiger partial charge on any atom is -0.481 e. The lowest BCUT2D eigenvalue weighted by Gasteiger charge is -2.30. The highest BCUT2D eigenvalue weighted by atomic mass is 32.2. The van der Waals surface area contributed by atoms with Crippen LogP contribution in [-0.2, 0) is 9.59 Å². The summed E-state index contributed by atoms with van der Waals surface area (Å²) >= 11 is 1.56. The number of carbonyl (C=O) groups is 2. The van der Waals surface area contributed by atoms with Crippen LogP contribution in [0.4, 0.5) is 0 Å². The second-order valence-corrected chi connectivity index (χ2v) is 6.57. The average molecular weight is 307 g/mol. The summed E-state index contributed by atoms with van der Waals surface area (Å²) in [5.41, 5.74) is 2.38. The summed E-state index contributed by atoms with van der Waals surface area (Å²) in [7, 11) is 0. The summed E-state index contributed by atoms with van der Waals surface area (Å²) in [6.07, 6.45) is 1.13. The van der Waals surface area contributed by atoms with Crippen LogP contribution in [0.3, 0.4) is 0 Å². The topological polar surface area (TPSA) is 57.6 Å². The van der Waals surface area contributed by atoms with Crippen molar-refractivity contribution in [1.82, 2.24) is 4.90 Å². The van der Waals surface area contributed by atoms with E-state index in [1.54, 1.807) is 16.7 Å². The number of aryl methyl sites for hydroxylation is 2. The van der Waals surface area contributed by atoms with Crippen LogP contribution in [-0.4, -0.2) is 40.7 Å². The van der Waals surface area contributed by atoms with Crippen molar-refractivity contribution in [2.24, 2.45) is 5.92 Å². The van der Waals surface area contributed by atoms with Crippen molar-refractivity contribution in [1.29, 1.82) is 0 Å². The zero-order valence-electron chi connectivity index (χ0n) is 12.5. The monoisotopic (exact) mass is 307 g/mol. The van der Waals surface area contributed by atoms with Crippen molar-refractivity contribution in [3.05, 3.63) is 29.3 Å². The molecule has 1 N–H and O–H groups in total. The highest BCUT2D eigenvalue weighted by Gasteiger charge is 2.26. The predicted molar refractivity (Wildman–Crippen MR) is 83.6 cm³/mol. The van der Waals surface area contributed by atoms with Gasteiger partial charge in [0.05, 0.1) is 11.7 Å². The van der Waals surface area contributed by atoms with Crippen molar-refractivity contribution in [2.75, 3.05) is 18.8 Å². The quantitative estimate of drug-likeness (QED) is 0.869. The molecule has 1 heterocycles. The third kappa shape index (κ3) is 4.24. The number of hydrogen-bond donors (Lipinski definition) is 1. The molecule has 0 aromatic heterocycles. The van der Waals surface area contributed by atoms with Gasteiger partial charge in [0.1, 0.15) is 0 Å². The van der Waals surface area contributed by atoms with Gasteiger partial charge in [0, 0.05) is 18.0 Å². The number of aliphatic carboxylic acids is 1. The first-order valence-corrected chi connectivity index (χ1v) is 8.16. The number of piperidine rings is 1. The van der Waals surface area contributed by atoms with E-state index >= 15 is 0 Å². The summed E-state index contributed by atoms with van der Waals surface area (Å²) in [6.45, 7) is 5.21. The number of rotatable bonds is 4. The number of hydrogen-bond acceptors (Lipinski definition) is 3. The van der Waals surface area contributed by atoms with Gasteiger partial charge in [0.25, 0.3) is 0 Å². The highest BCUT2D eigenvalue weighted by molar-refractivity contribution is 8.00. The minimum atomic E-state index is -0.744. The van der Waals surface area contributed by atoms with E-state index < -0.39 is 5.97 Å². The third-order valence-electron chi connectivity index (χ3n) is 3.89. The van der Waals surface area contributed by atoms with Gasteiger partial charge in [-0.1, -0.05) is 17.7 Å². The standard InChI is InChI=1S/C16H21NO3S/c1-11-3-4-12(2)14(9-11)21-10-15(18)17-7-5-13(6-8-17)16(19)20/h3-4,9,13H,5-8,10H2,1-2H3,(H,19,20). The summed E-state index contributed by atoms with van der Waals surface area (Å²) in [5, 5.41) is 8.96. The molecule has 4 nitrogen and oxygen atoms in total. The van der Waals surface area contributed by atoms with Gasteiger partial charge in [0.2, 0.25) is 5.91 Å². The van der Waals surface area contributed by atoms with Gasteiger partial charge in [-0.15, -0.1) is 11.8 Å². The molecular weight excluding hydrogens is 286 g/mol. The van der Waals surface area contributed by atoms with E-state index in [9.17, 15) is 9.59 Å². The van der Waals surface area contributed by atoms with E-state index in [1.807, 2.05) is 13.8 Å². The van der Waals surface area contributed by atoms with Crippen LogP contribution in [0.1, 0.15) is 24.0 Å². The molecule has 1 aromatic carbocycles. The van der Waals surface area contributed by atoms with E-state index in [4.69, 9.17) is 5.11 Å². The van der Waals surface area contributed by atoms with Crippen LogP contribution in [0.15, 0.2) is 23.1 Å². The molecule has 0 aliphatic carbocycles. The lowest BCUT2D eigenvalue weighted by atomic mass is 9.97. The molecule has 0 bridgehead atoms. The van der Waals surface area contributed by atoms with Crippen LogP contribution in [0, 0.1) is 19.8 Å². The Kier molecular flexibility index (Phi) is 5.28. The lowest BCUT2D eigenvalue weighted by molar-refractivity contribution is -0.145. The first-order valence-electron chi connectivity index (χ1n) is 7.18. The van der Waals surface area contributed by atoms with Crippen molar-refractivity contribution in [3.8, 4) is 0 Å². The molecule has 1 aromatic rings. The van der Waals surface area contributed by atoms with Crippen molar-refractivity contribution >= 4 is 23.6 Å². The van der Waals surface area contributed by atoms with Crippen molar-refractivity contribution in [3.63, 3.8) is 0 Å². The summed E-state index contributed by atoms with van der Waals surface area (Å²) < 4.78 is 0. The molecule has 1 amide bonds. The van der Waals surface area contributed by atoms with Gasteiger partial charge >= 0.3 is 5.97 Å². The van der Waals surface area contributed by atoms with Crippen molar-refractivity contribution in [2.45, 2.75) is 31.6 Å². The average Bonchev–Trinajstić information content (AvgIpc) is 2.48. The predicted octanol–water partition coefficient (Wildman–Crippen LogP) is 2.72. The van der Waals surface area contributed by atoms with Gasteiger partial charge in [0.15, 0.2) is 0 Å². The van der Waals surface area contributed by atoms with Gasteiger partial charge < -0.3 is 10.0 Å². The molecular formula is C16H21NO3S. The number of benzene rings is 1. The molecule has 0 saturated carbocycles. The largest absolute Gasteiger partial charge is 0.481 e. The van der Waals surface area contributed by atoms with Crippen LogP contribution < -0.4 is 0 Å². The maximum atomic E-state index is 12.2. The fourth-order valence-electron chi connectivity index (χ4n) is 2.47. The SMILES string of the molecule is Cc1ccc(C)c(SCC(=O)N2CCC(C(=O)O)CC2)c1. The maximum Gasteiger partial charge on any atom is 0.306 e. The van der Waals surface area contributed by atoms with Crippen LogP contribution in [0.5, 0.6) is 0 Å². The number of carbonyl (C=O) groups excluding carboxylic acids is 1. The Balaban J connectivity index is 1.85. The zero-order valence-corrected chi connectivity index (χ0v) is 13.3. The molecule has 5 heteroatoms. The highest BCUT2D eigenvalue weighted by Crippen LogP contribution is 2.25. The number of nitrogens with zero attached hydrogens (tertiary/aromatic N) is 1. The third-order valence-corrected chi connectivity index (χ3v) is 5.03. The van der Waals surface area contributed by atoms with E-state index in [-0.39, 0.29) is 11.8 Å². The van der Waals surface area contributed by atoms with Gasteiger partial charge in [-0.05, 0) is 38.3 Å². The number of carboxylic acids is 1. The Morgan fingerprint density at radius 1 is 1.29 bits per heavy atom. The molecule has 21 heavy (non-hydrogen) atoms. The van der Waals surface area contributed by atoms with Crippen molar-refractivity contribution < 1.29 is 14.7 Å². The first-order chi connectivity index (χ1) is 9.97. The molecule has 0 spiro atoms. The Morgan fingerprint density at radius 2 is 1.95 bits per heavy atom. The van der Waals surface area contributed by atoms with E-state index in [0.29, 0.717) is 31.7 Å². The number of likely N-dealkylation sites (tertiary alicyclic amines) is 1.